The average molecular weight is 258 g/mol. The van der Waals surface area contributed by atoms with Crippen molar-refractivity contribution < 1.29 is 4.79 Å². The summed E-state index contributed by atoms with van der Waals surface area (Å²) in [5.74, 6) is 0.673. The van der Waals surface area contributed by atoms with Crippen LogP contribution in [0.2, 0.25) is 0 Å². The molecule has 1 heteroatoms. The largest absolute Gasteiger partial charge is 0.303 e. The summed E-state index contributed by atoms with van der Waals surface area (Å²) >= 11 is 0. The summed E-state index contributed by atoms with van der Waals surface area (Å²) < 4.78 is 0. The van der Waals surface area contributed by atoms with E-state index < -0.39 is 0 Å². The third-order valence-electron chi connectivity index (χ3n) is 5.25. The SMILES string of the molecule is Cc1cc2c(cc1CC=O)C(C)(C)CC(C)C2(C)C. The van der Waals surface area contributed by atoms with Crippen molar-refractivity contribution >= 4 is 6.29 Å². The standard InChI is InChI=1S/C18H26O/c1-12-9-16-15(10-14(12)7-8-19)17(3,4)11-13(2)18(16,5)6/h8-10,13H,7,11H2,1-6H3. The highest BCUT2D eigenvalue weighted by atomic mass is 16.1. The van der Waals surface area contributed by atoms with E-state index in [0.717, 1.165) is 6.29 Å². The summed E-state index contributed by atoms with van der Waals surface area (Å²) in [4.78, 5) is 10.8. The second kappa shape index (κ2) is 4.47. The van der Waals surface area contributed by atoms with Gasteiger partial charge in [0.2, 0.25) is 0 Å². The molecule has 1 unspecified atom stereocenters. The van der Waals surface area contributed by atoms with Crippen molar-refractivity contribution in [3.8, 4) is 0 Å². The third-order valence-corrected chi connectivity index (χ3v) is 5.25. The van der Waals surface area contributed by atoms with Gasteiger partial charge in [-0.3, -0.25) is 0 Å². The molecule has 0 saturated carbocycles. The van der Waals surface area contributed by atoms with E-state index in [9.17, 15) is 4.79 Å². The monoisotopic (exact) mass is 258 g/mol. The summed E-state index contributed by atoms with van der Waals surface area (Å²) in [5.41, 5.74) is 5.78. The first-order valence-corrected chi connectivity index (χ1v) is 7.28. The maximum atomic E-state index is 10.8. The predicted octanol–water partition coefficient (Wildman–Crippen LogP) is 4.33. The van der Waals surface area contributed by atoms with Gasteiger partial charge in [-0.2, -0.15) is 0 Å². The molecule has 0 bridgehead atoms. The van der Waals surface area contributed by atoms with E-state index >= 15 is 0 Å². The van der Waals surface area contributed by atoms with Crippen molar-refractivity contribution in [2.24, 2.45) is 5.92 Å². The number of hydrogen-bond donors (Lipinski definition) is 0. The van der Waals surface area contributed by atoms with E-state index in [0.29, 0.717) is 12.3 Å². The summed E-state index contributed by atoms with van der Waals surface area (Å²) in [5, 5.41) is 0. The molecule has 1 aromatic carbocycles. The molecule has 1 aromatic rings. The van der Waals surface area contributed by atoms with Gasteiger partial charge in [-0.05, 0) is 52.3 Å². The molecule has 2 rings (SSSR count). The molecule has 1 aliphatic rings. The Morgan fingerprint density at radius 3 is 2.42 bits per heavy atom. The minimum atomic E-state index is 0.204. The number of carbonyl (C=O) groups excluding carboxylic acids is 1. The van der Waals surface area contributed by atoms with Crippen LogP contribution in [0.5, 0.6) is 0 Å². The van der Waals surface area contributed by atoms with Gasteiger partial charge in [0.25, 0.3) is 0 Å². The molecule has 19 heavy (non-hydrogen) atoms. The average Bonchev–Trinajstić information content (AvgIpc) is 2.29. The van der Waals surface area contributed by atoms with Gasteiger partial charge in [0.05, 0.1) is 0 Å². The van der Waals surface area contributed by atoms with Gasteiger partial charge in [-0.1, -0.05) is 46.8 Å². The first-order chi connectivity index (χ1) is 8.70. The van der Waals surface area contributed by atoms with Crippen LogP contribution in [0.15, 0.2) is 12.1 Å². The normalized spacial score (nSPS) is 23.8. The first-order valence-electron chi connectivity index (χ1n) is 7.28. The van der Waals surface area contributed by atoms with Crippen LogP contribution in [0.4, 0.5) is 0 Å². The Balaban J connectivity index is 2.68. The van der Waals surface area contributed by atoms with Crippen molar-refractivity contribution in [1.82, 2.24) is 0 Å². The minimum absolute atomic E-state index is 0.204. The number of benzene rings is 1. The van der Waals surface area contributed by atoms with E-state index in [1.54, 1.807) is 0 Å². The molecule has 0 spiro atoms. The molecular weight excluding hydrogens is 232 g/mol. The lowest BCUT2D eigenvalue weighted by atomic mass is 9.58. The van der Waals surface area contributed by atoms with E-state index in [1.165, 1.54) is 28.7 Å². The van der Waals surface area contributed by atoms with Gasteiger partial charge < -0.3 is 4.79 Å². The van der Waals surface area contributed by atoms with Gasteiger partial charge in [-0.15, -0.1) is 0 Å². The molecular formula is C18H26O. The van der Waals surface area contributed by atoms with Crippen LogP contribution in [0.1, 0.15) is 63.3 Å². The number of hydrogen-bond acceptors (Lipinski definition) is 1. The molecule has 1 atom stereocenters. The van der Waals surface area contributed by atoms with E-state index in [4.69, 9.17) is 0 Å². The Hall–Kier alpha value is -1.11. The van der Waals surface area contributed by atoms with Crippen LogP contribution >= 0.6 is 0 Å². The van der Waals surface area contributed by atoms with Crippen LogP contribution in [0, 0.1) is 12.8 Å². The fourth-order valence-corrected chi connectivity index (χ4v) is 3.55. The summed E-state index contributed by atoms with van der Waals surface area (Å²) in [7, 11) is 0. The summed E-state index contributed by atoms with van der Waals surface area (Å²) in [6.07, 6.45) is 2.75. The van der Waals surface area contributed by atoms with E-state index in [2.05, 4.69) is 53.7 Å². The lowest BCUT2D eigenvalue weighted by Gasteiger charge is -2.47. The molecule has 0 heterocycles. The second-order valence-corrected chi connectivity index (χ2v) is 7.41. The topological polar surface area (TPSA) is 17.1 Å². The van der Waals surface area contributed by atoms with Gasteiger partial charge in [0.15, 0.2) is 0 Å². The first kappa shape index (κ1) is 14.3. The van der Waals surface area contributed by atoms with Crippen molar-refractivity contribution in [1.29, 1.82) is 0 Å². The maximum absolute atomic E-state index is 10.8. The van der Waals surface area contributed by atoms with Crippen LogP contribution < -0.4 is 0 Å². The molecule has 0 aromatic heterocycles. The Kier molecular flexibility index (Phi) is 3.36. The minimum Gasteiger partial charge on any atom is -0.303 e. The third kappa shape index (κ3) is 2.24. The molecule has 0 amide bonds. The van der Waals surface area contributed by atoms with Gasteiger partial charge in [0.1, 0.15) is 6.29 Å². The molecule has 104 valence electrons. The number of aryl methyl sites for hydroxylation is 1. The van der Waals surface area contributed by atoms with Crippen LogP contribution in [0.25, 0.3) is 0 Å². The number of fused-ring (bicyclic) bond motifs is 1. The fraction of sp³-hybridized carbons (Fsp3) is 0.611. The molecule has 0 fully saturated rings. The molecule has 0 radical (unpaired) electrons. The lowest BCUT2D eigenvalue weighted by Crippen LogP contribution is -2.40. The van der Waals surface area contributed by atoms with Crippen molar-refractivity contribution in [3.05, 3.63) is 34.4 Å². The Labute approximate surface area is 117 Å². The molecule has 1 aliphatic carbocycles. The lowest BCUT2D eigenvalue weighted by molar-refractivity contribution is -0.107. The Bertz CT molecular complexity index is 509. The Morgan fingerprint density at radius 1 is 1.21 bits per heavy atom. The highest BCUT2D eigenvalue weighted by Gasteiger charge is 2.42. The number of carbonyl (C=O) groups is 1. The van der Waals surface area contributed by atoms with E-state index in [-0.39, 0.29) is 10.8 Å². The highest BCUT2D eigenvalue weighted by molar-refractivity contribution is 5.58. The van der Waals surface area contributed by atoms with Gasteiger partial charge in [0, 0.05) is 6.42 Å². The maximum Gasteiger partial charge on any atom is 0.124 e. The van der Waals surface area contributed by atoms with Gasteiger partial charge in [-0.25, -0.2) is 0 Å². The second-order valence-electron chi connectivity index (χ2n) is 7.41. The van der Waals surface area contributed by atoms with Crippen molar-refractivity contribution in [2.75, 3.05) is 0 Å². The Morgan fingerprint density at radius 2 is 1.84 bits per heavy atom. The van der Waals surface area contributed by atoms with E-state index in [1.807, 2.05) is 0 Å². The zero-order valence-electron chi connectivity index (χ0n) is 13.1. The number of aldehydes is 1. The zero-order valence-corrected chi connectivity index (χ0v) is 13.1. The molecule has 0 saturated heterocycles. The fourth-order valence-electron chi connectivity index (χ4n) is 3.55. The van der Waals surface area contributed by atoms with Crippen LogP contribution in [-0.4, -0.2) is 6.29 Å². The molecule has 1 nitrogen and oxygen atoms in total. The van der Waals surface area contributed by atoms with Crippen molar-refractivity contribution in [2.45, 2.75) is 65.2 Å². The zero-order chi connectivity index (χ0) is 14.4. The molecule has 0 N–H and O–H groups in total. The quantitative estimate of drug-likeness (QED) is 0.722. The van der Waals surface area contributed by atoms with Crippen LogP contribution in [0.3, 0.4) is 0 Å². The number of rotatable bonds is 2. The molecule has 0 aliphatic heterocycles. The smallest absolute Gasteiger partial charge is 0.124 e. The summed E-state index contributed by atoms with van der Waals surface area (Å²) in [6.45, 7) is 13.9. The van der Waals surface area contributed by atoms with Gasteiger partial charge >= 0.3 is 0 Å². The predicted molar refractivity (Wildman–Crippen MR) is 80.8 cm³/mol. The van der Waals surface area contributed by atoms with Crippen molar-refractivity contribution in [3.63, 3.8) is 0 Å². The summed E-state index contributed by atoms with van der Waals surface area (Å²) in [6, 6.07) is 4.61. The highest BCUT2D eigenvalue weighted by Crippen LogP contribution is 2.49. The van der Waals surface area contributed by atoms with Crippen LogP contribution in [-0.2, 0) is 22.0 Å².